The van der Waals surface area contributed by atoms with E-state index in [1.165, 1.54) is 24.4 Å². The van der Waals surface area contributed by atoms with Crippen LogP contribution >= 0.6 is 11.6 Å². The Balaban J connectivity index is 2.06. The van der Waals surface area contributed by atoms with E-state index in [0.717, 1.165) is 0 Å². The van der Waals surface area contributed by atoms with Crippen LogP contribution in [0.25, 0.3) is 10.9 Å². The molecule has 2 aromatic heterocycles. The van der Waals surface area contributed by atoms with Gasteiger partial charge in [-0.25, -0.2) is 9.37 Å². The molecule has 0 spiro atoms. The Bertz CT molecular complexity index is 1000. The van der Waals surface area contributed by atoms with Gasteiger partial charge in [0.1, 0.15) is 17.7 Å². The van der Waals surface area contributed by atoms with Gasteiger partial charge < -0.3 is 15.7 Å². The third-order valence-corrected chi connectivity index (χ3v) is 3.93. The summed E-state index contributed by atoms with van der Waals surface area (Å²) < 4.78 is 13.4. The second-order valence-corrected chi connectivity index (χ2v) is 6.14. The number of aliphatic hydroxyl groups excluding tert-OH is 1. The van der Waals surface area contributed by atoms with Gasteiger partial charge in [0.25, 0.3) is 0 Å². The summed E-state index contributed by atoms with van der Waals surface area (Å²) in [5.74, 6) is 0.0154. The number of halogens is 2. The number of aliphatic hydroxyl groups is 1. The molecule has 8 heteroatoms. The summed E-state index contributed by atoms with van der Waals surface area (Å²) in [5.41, 5.74) is 1.96. The predicted octanol–water partition coefficient (Wildman–Crippen LogP) is 3.83. The van der Waals surface area contributed by atoms with E-state index >= 15 is 0 Å². The van der Waals surface area contributed by atoms with Crippen LogP contribution in [-0.4, -0.2) is 27.7 Å². The molecule has 0 amide bonds. The molecule has 3 N–H and O–H groups in total. The number of hydrogen-bond acceptors (Lipinski definition) is 6. The van der Waals surface area contributed by atoms with E-state index in [1.807, 2.05) is 0 Å². The molecule has 0 saturated heterocycles. The topological polar surface area (TPSA) is 93.9 Å². The Morgan fingerprint density at radius 1 is 1.31 bits per heavy atom. The lowest BCUT2D eigenvalue weighted by molar-refractivity contribution is 0.208. The Morgan fingerprint density at radius 3 is 2.81 bits per heavy atom. The minimum Gasteiger partial charge on any atom is -0.392 e. The molecule has 0 aliphatic heterocycles. The number of nitrogens with one attached hydrogen (secondary N) is 2. The molecule has 6 nitrogen and oxygen atoms in total. The number of nitriles is 1. The molecular weight excluding hydrogens is 357 g/mol. The number of fused-ring (bicyclic) bond motifs is 1. The fourth-order valence-electron chi connectivity index (χ4n) is 2.38. The highest BCUT2D eigenvalue weighted by Gasteiger charge is 2.12. The number of benzene rings is 1. The Hall–Kier alpha value is -2.95. The zero-order valence-electron chi connectivity index (χ0n) is 13.8. The highest BCUT2D eigenvalue weighted by Crippen LogP contribution is 2.31. The van der Waals surface area contributed by atoms with Crippen molar-refractivity contribution < 1.29 is 9.50 Å². The van der Waals surface area contributed by atoms with E-state index in [-0.39, 0.29) is 5.02 Å². The predicted molar refractivity (Wildman–Crippen MR) is 99.1 cm³/mol. The first-order valence-corrected chi connectivity index (χ1v) is 8.18. The van der Waals surface area contributed by atoms with Crippen LogP contribution in [-0.2, 0) is 0 Å². The van der Waals surface area contributed by atoms with Crippen molar-refractivity contribution in [3.05, 3.63) is 53.1 Å². The van der Waals surface area contributed by atoms with Gasteiger partial charge in [-0.2, -0.15) is 5.26 Å². The van der Waals surface area contributed by atoms with Gasteiger partial charge >= 0.3 is 0 Å². The SMILES string of the molecule is C[C@@H](O)CNc1cc2c(Nc3ccc(F)c(Cl)c3)c(C#N)cnc2cn1. The number of aromatic nitrogens is 2. The van der Waals surface area contributed by atoms with E-state index < -0.39 is 11.9 Å². The van der Waals surface area contributed by atoms with E-state index in [4.69, 9.17) is 11.6 Å². The zero-order chi connectivity index (χ0) is 18.7. The van der Waals surface area contributed by atoms with Crippen LogP contribution in [0.1, 0.15) is 12.5 Å². The maximum Gasteiger partial charge on any atom is 0.141 e. The molecule has 1 atom stereocenters. The van der Waals surface area contributed by atoms with Gasteiger partial charge in [-0.3, -0.25) is 4.98 Å². The van der Waals surface area contributed by atoms with Gasteiger partial charge in [-0.1, -0.05) is 11.6 Å². The lowest BCUT2D eigenvalue weighted by atomic mass is 10.1. The molecule has 2 heterocycles. The molecule has 0 aliphatic rings. The van der Waals surface area contributed by atoms with Gasteiger partial charge in [0.15, 0.2) is 0 Å². The minimum atomic E-state index is -0.532. The van der Waals surface area contributed by atoms with Crippen molar-refractivity contribution in [2.24, 2.45) is 0 Å². The van der Waals surface area contributed by atoms with E-state index in [1.54, 1.807) is 19.2 Å². The van der Waals surface area contributed by atoms with Crippen LogP contribution in [0.5, 0.6) is 0 Å². The highest BCUT2D eigenvalue weighted by atomic mass is 35.5. The van der Waals surface area contributed by atoms with Gasteiger partial charge in [-0.15, -0.1) is 0 Å². The van der Waals surface area contributed by atoms with Crippen molar-refractivity contribution in [3.8, 4) is 6.07 Å². The fraction of sp³-hybridized carbons (Fsp3) is 0.167. The van der Waals surface area contributed by atoms with Gasteiger partial charge in [0.05, 0.1) is 34.1 Å². The maximum absolute atomic E-state index is 13.4. The standard InChI is InChI=1S/C18H15ClFN5O/c1-10(26)7-23-17-5-13-16(9-24-17)22-8-11(6-21)18(13)25-12-2-3-15(20)14(19)4-12/h2-5,8-10,26H,7H2,1H3,(H,22,25)(H,23,24)/t10-/m1/s1. The Morgan fingerprint density at radius 2 is 2.12 bits per heavy atom. The summed E-state index contributed by atoms with van der Waals surface area (Å²) in [4.78, 5) is 8.48. The summed E-state index contributed by atoms with van der Waals surface area (Å²) in [6.07, 6.45) is 2.49. The largest absolute Gasteiger partial charge is 0.392 e. The van der Waals surface area contributed by atoms with Crippen LogP contribution in [0, 0.1) is 17.1 Å². The zero-order valence-corrected chi connectivity index (χ0v) is 14.5. The van der Waals surface area contributed by atoms with Crippen LogP contribution < -0.4 is 10.6 Å². The molecule has 1 aromatic carbocycles. The third-order valence-electron chi connectivity index (χ3n) is 3.64. The van der Waals surface area contributed by atoms with Crippen molar-refractivity contribution in [3.63, 3.8) is 0 Å². The average molecular weight is 372 g/mol. The molecule has 0 aliphatic carbocycles. The number of anilines is 3. The number of hydrogen-bond donors (Lipinski definition) is 3. The number of rotatable bonds is 5. The molecular formula is C18H15ClFN5O. The molecule has 0 saturated carbocycles. The van der Waals surface area contributed by atoms with Crippen LogP contribution in [0.4, 0.5) is 21.6 Å². The summed E-state index contributed by atoms with van der Waals surface area (Å²) in [6.45, 7) is 1.99. The van der Waals surface area contributed by atoms with Crippen LogP contribution in [0.15, 0.2) is 36.7 Å². The summed E-state index contributed by atoms with van der Waals surface area (Å²) in [7, 11) is 0. The molecule has 0 unspecified atom stereocenters. The molecule has 0 radical (unpaired) electrons. The van der Waals surface area contributed by atoms with Crippen molar-refractivity contribution in [2.45, 2.75) is 13.0 Å². The first-order valence-electron chi connectivity index (χ1n) is 7.81. The van der Waals surface area contributed by atoms with Crippen molar-refractivity contribution >= 4 is 39.7 Å². The quantitative estimate of drug-likeness (QED) is 0.631. The summed E-state index contributed by atoms with van der Waals surface area (Å²) in [5, 5.41) is 25.6. The normalized spacial score (nSPS) is 11.8. The van der Waals surface area contributed by atoms with Crippen molar-refractivity contribution in [1.29, 1.82) is 5.26 Å². The lowest BCUT2D eigenvalue weighted by Crippen LogP contribution is -2.16. The van der Waals surface area contributed by atoms with Gasteiger partial charge in [0, 0.05) is 23.8 Å². The van der Waals surface area contributed by atoms with Gasteiger partial charge in [-0.05, 0) is 31.2 Å². The summed E-state index contributed by atoms with van der Waals surface area (Å²) >= 11 is 5.83. The first kappa shape index (κ1) is 17.9. The number of nitrogens with zero attached hydrogens (tertiary/aromatic N) is 3. The first-order chi connectivity index (χ1) is 12.5. The summed E-state index contributed by atoms with van der Waals surface area (Å²) in [6, 6.07) is 8.05. The molecule has 3 rings (SSSR count). The third kappa shape index (κ3) is 3.82. The monoisotopic (exact) mass is 371 g/mol. The second kappa shape index (κ2) is 7.52. The Labute approximate surface area is 154 Å². The molecule has 0 fully saturated rings. The van der Waals surface area contributed by atoms with E-state index in [9.17, 15) is 14.8 Å². The maximum atomic E-state index is 13.4. The van der Waals surface area contributed by atoms with Crippen molar-refractivity contribution in [2.75, 3.05) is 17.2 Å². The molecule has 132 valence electrons. The van der Waals surface area contributed by atoms with E-state index in [2.05, 4.69) is 26.7 Å². The highest BCUT2D eigenvalue weighted by molar-refractivity contribution is 6.31. The average Bonchev–Trinajstić information content (AvgIpc) is 2.63. The molecule has 3 aromatic rings. The second-order valence-electron chi connectivity index (χ2n) is 5.73. The molecule has 26 heavy (non-hydrogen) atoms. The van der Waals surface area contributed by atoms with Gasteiger partial charge in [0.2, 0.25) is 0 Å². The van der Waals surface area contributed by atoms with Crippen LogP contribution in [0.3, 0.4) is 0 Å². The van der Waals surface area contributed by atoms with Crippen molar-refractivity contribution in [1.82, 2.24) is 9.97 Å². The van der Waals surface area contributed by atoms with E-state index in [0.29, 0.717) is 40.2 Å². The van der Waals surface area contributed by atoms with Crippen LogP contribution in [0.2, 0.25) is 5.02 Å². The number of pyridine rings is 2. The minimum absolute atomic E-state index is 0.0205. The molecule has 0 bridgehead atoms. The lowest BCUT2D eigenvalue weighted by Gasteiger charge is -2.13. The Kier molecular flexibility index (Phi) is 5.16. The fourth-order valence-corrected chi connectivity index (χ4v) is 2.56. The smallest absolute Gasteiger partial charge is 0.141 e.